The Bertz CT molecular complexity index is 709. The number of hydrogen-bond donors (Lipinski definition) is 1. The van der Waals surface area contributed by atoms with E-state index < -0.39 is 0 Å². The average molecular weight is 354 g/mol. The maximum absolute atomic E-state index is 12.9. The summed E-state index contributed by atoms with van der Waals surface area (Å²) in [7, 11) is 0. The molecule has 0 spiro atoms. The van der Waals surface area contributed by atoms with E-state index in [1.165, 1.54) is 19.3 Å². The monoisotopic (exact) mass is 354 g/mol. The molecule has 1 heterocycles. The molecule has 0 saturated heterocycles. The van der Waals surface area contributed by atoms with Gasteiger partial charge in [-0.15, -0.1) is 0 Å². The third-order valence-corrected chi connectivity index (χ3v) is 6.78. The Kier molecular flexibility index (Phi) is 3.73. The summed E-state index contributed by atoms with van der Waals surface area (Å²) in [6, 6.07) is 7.49. The van der Waals surface area contributed by atoms with Crippen LogP contribution in [0.5, 0.6) is 5.75 Å². The second kappa shape index (κ2) is 6.00. The molecule has 4 saturated carbocycles. The number of rotatable bonds is 3. The van der Waals surface area contributed by atoms with Crippen molar-refractivity contribution in [3.63, 3.8) is 0 Å². The van der Waals surface area contributed by atoms with Crippen molar-refractivity contribution in [2.24, 2.45) is 17.8 Å². The standard InChI is InChI=1S/C21H26N2O3/c24-19(22-21-10-14-7-15(11-21)9-16(8-14)12-21)13-23-17-3-1-2-4-18(17)26-6-5-20(23)25/h1-4,14-16H,5-13H2,(H,22,24). The molecule has 0 atom stereocenters. The number of fused-ring (bicyclic) bond motifs is 1. The van der Waals surface area contributed by atoms with Crippen molar-refractivity contribution in [1.29, 1.82) is 0 Å². The predicted molar refractivity (Wildman–Crippen MR) is 98.0 cm³/mol. The Labute approximate surface area is 154 Å². The Hall–Kier alpha value is -2.04. The molecule has 5 heteroatoms. The highest BCUT2D eigenvalue weighted by molar-refractivity contribution is 6.00. The first-order valence-electron chi connectivity index (χ1n) is 9.93. The van der Waals surface area contributed by atoms with Crippen LogP contribution in [-0.4, -0.2) is 30.5 Å². The summed E-state index contributed by atoms with van der Waals surface area (Å²) in [5, 5.41) is 3.37. The van der Waals surface area contributed by atoms with Crippen molar-refractivity contribution in [2.45, 2.75) is 50.5 Å². The zero-order chi connectivity index (χ0) is 17.7. The van der Waals surface area contributed by atoms with Gasteiger partial charge in [-0.2, -0.15) is 0 Å². The van der Waals surface area contributed by atoms with Crippen LogP contribution in [0.3, 0.4) is 0 Å². The molecule has 1 aromatic carbocycles. The molecule has 1 aromatic rings. The number of ether oxygens (including phenoxy) is 1. The third-order valence-electron chi connectivity index (χ3n) is 6.78. The summed E-state index contributed by atoms with van der Waals surface area (Å²) in [5.41, 5.74) is 0.687. The summed E-state index contributed by atoms with van der Waals surface area (Å²) >= 11 is 0. The second-order valence-corrected chi connectivity index (χ2v) is 8.79. The van der Waals surface area contributed by atoms with Gasteiger partial charge in [-0.25, -0.2) is 0 Å². The number of nitrogens with zero attached hydrogens (tertiary/aromatic N) is 1. The van der Waals surface area contributed by atoms with E-state index in [0.29, 0.717) is 24.5 Å². The SMILES string of the molecule is O=C(CN1C(=O)CCOc2ccccc21)NC12CC3CC(CC(C3)C1)C2. The van der Waals surface area contributed by atoms with Crippen LogP contribution in [0, 0.1) is 17.8 Å². The lowest BCUT2D eigenvalue weighted by molar-refractivity contribution is -0.127. The first-order valence-corrected chi connectivity index (χ1v) is 9.93. The molecule has 5 aliphatic rings. The molecule has 26 heavy (non-hydrogen) atoms. The van der Waals surface area contributed by atoms with Crippen molar-refractivity contribution in [1.82, 2.24) is 5.32 Å². The Morgan fingerprint density at radius 3 is 2.46 bits per heavy atom. The molecule has 5 nitrogen and oxygen atoms in total. The van der Waals surface area contributed by atoms with Crippen molar-refractivity contribution >= 4 is 17.5 Å². The number of para-hydroxylation sites is 2. The molecule has 1 aliphatic heterocycles. The van der Waals surface area contributed by atoms with Crippen LogP contribution in [0.2, 0.25) is 0 Å². The minimum Gasteiger partial charge on any atom is -0.491 e. The quantitative estimate of drug-likeness (QED) is 0.908. The highest BCUT2D eigenvalue weighted by Gasteiger charge is 2.51. The fourth-order valence-electron chi connectivity index (χ4n) is 6.24. The van der Waals surface area contributed by atoms with Gasteiger partial charge < -0.3 is 10.1 Å². The summed E-state index contributed by atoms with van der Waals surface area (Å²) in [5.74, 6) is 2.97. The highest BCUT2D eigenvalue weighted by Crippen LogP contribution is 2.55. The van der Waals surface area contributed by atoms with E-state index in [1.54, 1.807) is 4.90 Å². The number of amides is 2. The lowest BCUT2D eigenvalue weighted by atomic mass is 9.53. The molecule has 4 aliphatic carbocycles. The zero-order valence-corrected chi connectivity index (χ0v) is 15.1. The molecule has 0 aromatic heterocycles. The maximum Gasteiger partial charge on any atom is 0.240 e. The fraction of sp³-hybridized carbons (Fsp3) is 0.619. The van der Waals surface area contributed by atoms with Crippen LogP contribution in [0.25, 0.3) is 0 Å². The van der Waals surface area contributed by atoms with Crippen molar-refractivity contribution in [3.05, 3.63) is 24.3 Å². The van der Waals surface area contributed by atoms with Gasteiger partial charge >= 0.3 is 0 Å². The van der Waals surface area contributed by atoms with Crippen LogP contribution in [0.15, 0.2) is 24.3 Å². The molecule has 0 radical (unpaired) electrons. The molecule has 138 valence electrons. The summed E-state index contributed by atoms with van der Waals surface area (Å²) in [6.45, 7) is 0.448. The minimum atomic E-state index is -0.0457. The predicted octanol–water partition coefficient (Wildman–Crippen LogP) is 2.89. The van der Waals surface area contributed by atoms with Gasteiger partial charge in [-0.05, 0) is 68.4 Å². The maximum atomic E-state index is 12.9. The summed E-state index contributed by atoms with van der Waals surface area (Å²) in [4.78, 5) is 27.1. The number of anilines is 1. The number of carbonyl (C=O) groups excluding carboxylic acids is 2. The third kappa shape index (κ3) is 2.78. The topological polar surface area (TPSA) is 58.6 Å². The van der Waals surface area contributed by atoms with Crippen LogP contribution >= 0.6 is 0 Å². The van der Waals surface area contributed by atoms with Gasteiger partial charge in [0, 0.05) is 5.54 Å². The zero-order valence-electron chi connectivity index (χ0n) is 15.1. The van der Waals surface area contributed by atoms with E-state index in [4.69, 9.17) is 4.74 Å². The van der Waals surface area contributed by atoms with Crippen LogP contribution in [-0.2, 0) is 9.59 Å². The number of benzene rings is 1. The highest BCUT2D eigenvalue weighted by atomic mass is 16.5. The molecule has 1 N–H and O–H groups in total. The number of hydrogen-bond acceptors (Lipinski definition) is 3. The largest absolute Gasteiger partial charge is 0.491 e. The molecule has 2 amide bonds. The van der Waals surface area contributed by atoms with Gasteiger partial charge in [-0.3, -0.25) is 14.5 Å². The van der Waals surface area contributed by atoms with Gasteiger partial charge in [0.05, 0.1) is 18.7 Å². The van der Waals surface area contributed by atoms with Crippen molar-refractivity contribution in [2.75, 3.05) is 18.1 Å². The molecule has 6 rings (SSSR count). The van der Waals surface area contributed by atoms with Gasteiger partial charge in [0.2, 0.25) is 11.8 Å². The Morgan fingerprint density at radius 2 is 1.77 bits per heavy atom. The van der Waals surface area contributed by atoms with Gasteiger partial charge in [0.25, 0.3) is 0 Å². The van der Waals surface area contributed by atoms with E-state index in [2.05, 4.69) is 5.32 Å². The Morgan fingerprint density at radius 1 is 1.12 bits per heavy atom. The molecule has 0 unspecified atom stereocenters. The van der Waals surface area contributed by atoms with Gasteiger partial charge in [0.1, 0.15) is 12.3 Å². The summed E-state index contributed by atoms with van der Waals surface area (Å²) < 4.78 is 5.67. The van der Waals surface area contributed by atoms with E-state index in [0.717, 1.165) is 37.0 Å². The smallest absolute Gasteiger partial charge is 0.240 e. The number of carbonyl (C=O) groups is 2. The van der Waals surface area contributed by atoms with E-state index in [9.17, 15) is 9.59 Å². The Balaban J connectivity index is 1.33. The molecular formula is C21H26N2O3. The average Bonchev–Trinajstić information content (AvgIpc) is 2.73. The molecule has 4 bridgehead atoms. The second-order valence-electron chi connectivity index (χ2n) is 8.79. The van der Waals surface area contributed by atoms with E-state index in [-0.39, 0.29) is 23.9 Å². The van der Waals surface area contributed by atoms with Crippen molar-refractivity contribution < 1.29 is 14.3 Å². The lowest BCUT2D eigenvalue weighted by Crippen LogP contribution is -2.61. The van der Waals surface area contributed by atoms with Crippen LogP contribution in [0.4, 0.5) is 5.69 Å². The van der Waals surface area contributed by atoms with Crippen molar-refractivity contribution in [3.8, 4) is 5.75 Å². The molecule has 4 fully saturated rings. The normalized spacial score (nSPS) is 34.8. The summed E-state index contributed by atoms with van der Waals surface area (Å²) in [6.07, 6.45) is 7.73. The van der Waals surface area contributed by atoms with Gasteiger partial charge in [-0.1, -0.05) is 12.1 Å². The first kappa shape index (κ1) is 16.2. The number of nitrogens with one attached hydrogen (secondary N) is 1. The van der Waals surface area contributed by atoms with Gasteiger partial charge in [0.15, 0.2) is 0 Å². The van der Waals surface area contributed by atoms with E-state index >= 15 is 0 Å². The first-order chi connectivity index (χ1) is 12.6. The fourth-order valence-corrected chi connectivity index (χ4v) is 6.24. The van der Waals surface area contributed by atoms with Crippen LogP contribution < -0.4 is 15.0 Å². The lowest BCUT2D eigenvalue weighted by Gasteiger charge is -2.57. The van der Waals surface area contributed by atoms with E-state index in [1.807, 2.05) is 24.3 Å². The minimum absolute atomic E-state index is 0.0171. The van der Waals surface area contributed by atoms with Crippen LogP contribution in [0.1, 0.15) is 44.9 Å². The molecular weight excluding hydrogens is 328 g/mol.